The summed E-state index contributed by atoms with van der Waals surface area (Å²) < 4.78 is 0. The van der Waals surface area contributed by atoms with Crippen LogP contribution in [0.2, 0.25) is 0 Å². The van der Waals surface area contributed by atoms with E-state index in [-0.39, 0.29) is 6.61 Å². The van der Waals surface area contributed by atoms with Crippen molar-refractivity contribution < 1.29 is 5.11 Å². The second kappa shape index (κ2) is 4.45. The zero-order chi connectivity index (χ0) is 9.68. The number of aromatic nitrogens is 1. The summed E-state index contributed by atoms with van der Waals surface area (Å²) in [5.41, 5.74) is 9.85. The third-order valence-corrected chi connectivity index (χ3v) is 1.67. The van der Waals surface area contributed by atoms with E-state index < -0.39 is 6.04 Å². The molecule has 1 heterocycles. The van der Waals surface area contributed by atoms with Crippen molar-refractivity contribution >= 4 is 0 Å². The first-order valence-corrected chi connectivity index (χ1v) is 3.85. The van der Waals surface area contributed by atoms with E-state index in [9.17, 15) is 0 Å². The number of pyridine rings is 1. The molecule has 1 aromatic heterocycles. The van der Waals surface area contributed by atoms with Gasteiger partial charge in [-0.05, 0) is 30.2 Å². The van der Waals surface area contributed by atoms with Crippen LogP contribution in [0.3, 0.4) is 0 Å². The summed E-state index contributed by atoms with van der Waals surface area (Å²) in [5, 5.41) is 12.4. The van der Waals surface area contributed by atoms with Crippen LogP contribution in [0.15, 0.2) is 23.4 Å². The van der Waals surface area contributed by atoms with E-state index in [4.69, 9.17) is 10.6 Å². The van der Waals surface area contributed by atoms with Gasteiger partial charge < -0.3 is 5.11 Å². The fraction of sp³-hybridized carbons (Fsp3) is 0.375. The molecule has 1 N–H and O–H groups in total. The van der Waals surface area contributed by atoms with Crippen LogP contribution in [0.5, 0.6) is 0 Å². The molecule has 5 nitrogen and oxygen atoms in total. The molecule has 5 heteroatoms. The van der Waals surface area contributed by atoms with E-state index in [2.05, 4.69) is 15.0 Å². The predicted molar refractivity (Wildman–Crippen MR) is 47.9 cm³/mol. The highest BCUT2D eigenvalue weighted by Gasteiger charge is 2.07. The molecular formula is C8H10N4O. The topological polar surface area (TPSA) is 81.9 Å². The molecule has 13 heavy (non-hydrogen) atoms. The summed E-state index contributed by atoms with van der Waals surface area (Å²) >= 11 is 0. The number of nitrogens with zero attached hydrogens (tertiary/aromatic N) is 4. The number of aliphatic hydroxyl groups is 1. The Labute approximate surface area is 75.7 Å². The summed E-state index contributed by atoms with van der Waals surface area (Å²) in [6, 6.07) is 3.00. The molecule has 1 rings (SSSR count). The highest BCUT2D eigenvalue weighted by atomic mass is 16.3. The predicted octanol–water partition coefficient (Wildman–Crippen LogP) is 1.73. The van der Waals surface area contributed by atoms with E-state index in [1.807, 2.05) is 6.92 Å². The molecule has 0 saturated carbocycles. The first-order valence-electron chi connectivity index (χ1n) is 3.85. The minimum absolute atomic E-state index is 0.187. The molecule has 0 fully saturated rings. The van der Waals surface area contributed by atoms with E-state index >= 15 is 0 Å². The van der Waals surface area contributed by atoms with Crippen molar-refractivity contribution in [2.24, 2.45) is 5.11 Å². The van der Waals surface area contributed by atoms with Gasteiger partial charge in [0.05, 0.1) is 12.6 Å². The Hall–Kier alpha value is -1.58. The molecule has 68 valence electrons. The van der Waals surface area contributed by atoms with Crippen molar-refractivity contribution in [1.82, 2.24) is 4.98 Å². The van der Waals surface area contributed by atoms with Crippen LogP contribution in [0.25, 0.3) is 10.4 Å². The minimum atomic E-state index is -0.508. The summed E-state index contributed by atoms with van der Waals surface area (Å²) in [6.07, 6.45) is 1.63. The van der Waals surface area contributed by atoms with E-state index in [0.717, 1.165) is 11.3 Å². The maximum atomic E-state index is 8.92. The third kappa shape index (κ3) is 2.43. The lowest BCUT2D eigenvalue weighted by Gasteiger charge is -2.07. The van der Waals surface area contributed by atoms with Crippen molar-refractivity contribution in [3.8, 4) is 0 Å². The third-order valence-electron chi connectivity index (χ3n) is 1.67. The first kappa shape index (κ1) is 9.51. The van der Waals surface area contributed by atoms with Crippen LogP contribution in [0.1, 0.15) is 17.3 Å². The Bertz CT molecular complexity index is 333. The van der Waals surface area contributed by atoms with Crippen LogP contribution in [0, 0.1) is 6.92 Å². The van der Waals surface area contributed by atoms with Crippen LogP contribution in [-0.2, 0) is 0 Å². The van der Waals surface area contributed by atoms with E-state index in [1.165, 1.54) is 0 Å². The summed E-state index contributed by atoms with van der Waals surface area (Å²) in [6.45, 7) is 1.65. The number of azide groups is 1. The Balaban J connectivity index is 2.97. The minimum Gasteiger partial charge on any atom is -0.396 e. The van der Waals surface area contributed by atoms with E-state index in [0.29, 0.717) is 0 Å². The maximum absolute atomic E-state index is 8.92. The summed E-state index contributed by atoms with van der Waals surface area (Å²) in [7, 11) is 0. The van der Waals surface area contributed by atoms with Crippen LogP contribution in [0.4, 0.5) is 0 Å². The standard InChI is InChI=1S/C8H10N4O/c1-6-4-7(2-3-10-6)8(5-13)11-12-9/h2-4,8,13H,5H2,1H3. The van der Waals surface area contributed by atoms with Crippen LogP contribution >= 0.6 is 0 Å². The largest absolute Gasteiger partial charge is 0.396 e. The lowest BCUT2D eigenvalue weighted by molar-refractivity contribution is 0.268. The second-order valence-corrected chi connectivity index (χ2v) is 2.63. The smallest absolute Gasteiger partial charge is 0.0857 e. The number of rotatable bonds is 3. The van der Waals surface area contributed by atoms with Gasteiger partial charge in [0.1, 0.15) is 0 Å². The highest BCUT2D eigenvalue weighted by molar-refractivity contribution is 5.19. The van der Waals surface area contributed by atoms with Crippen molar-refractivity contribution in [1.29, 1.82) is 0 Å². The molecule has 0 amide bonds. The highest BCUT2D eigenvalue weighted by Crippen LogP contribution is 2.16. The van der Waals surface area contributed by atoms with Crippen molar-refractivity contribution in [3.05, 3.63) is 40.0 Å². The van der Waals surface area contributed by atoms with Crippen LogP contribution < -0.4 is 0 Å². The number of hydrogen-bond donors (Lipinski definition) is 1. The van der Waals surface area contributed by atoms with Gasteiger partial charge >= 0.3 is 0 Å². The van der Waals surface area contributed by atoms with Gasteiger partial charge in [0, 0.05) is 16.8 Å². The fourth-order valence-electron chi connectivity index (χ4n) is 1.05. The van der Waals surface area contributed by atoms with Gasteiger partial charge in [-0.1, -0.05) is 5.11 Å². The van der Waals surface area contributed by atoms with Gasteiger partial charge in [0.15, 0.2) is 0 Å². The van der Waals surface area contributed by atoms with Gasteiger partial charge in [-0.2, -0.15) is 0 Å². The monoisotopic (exact) mass is 178 g/mol. The van der Waals surface area contributed by atoms with Crippen molar-refractivity contribution in [3.63, 3.8) is 0 Å². The Morgan fingerprint density at radius 2 is 2.54 bits per heavy atom. The number of hydrogen-bond acceptors (Lipinski definition) is 3. The molecule has 1 unspecified atom stereocenters. The van der Waals surface area contributed by atoms with Crippen molar-refractivity contribution in [2.45, 2.75) is 13.0 Å². The molecule has 0 spiro atoms. The average molecular weight is 178 g/mol. The lowest BCUT2D eigenvalue weighted by Crippen LogP contribution is -2.00. The zero-order valence-electron chi connectivity index (χ0n) is 7.25. The molecule has 1 atom stereocenters. The molecule has 0 bridgehead atoms. The van der Waals surface area contributed by atoms with Gasteiger partial charge in [0.2, 0.25) is 0 Å². The second-order valence-electron chi connectivity index (χ2n) is 2.63. The fourth-order valence-corrected chi connectivity index (χ4v) is 1.05. The van der Waals surface area contributed by atoms with Gasteiger partial charge in [0.25, 0.3) is 0 Å². The molecule has 0 aromatic carbocycles. The normalized spacial score (nSPS) is 11.8. The molecule has 0 aliphatic rings. The van der Waals surface area contributed by atoms with Crippen LogP contribution in [-0.4, -0.2) is 16.7 Å². The zero-order valence-corrected chi connectivity index (χ0v) is 7.25. The summed E-state index contributed by atoms with van der Waals surface area (Å²) in [4.78, 5) is 6.66. The van der Waals surface area contributed by atoms with Gasteiger partial charge in [-0.15, -0.1) is 0 Å². The molecule has 1 aromatic rings. The Morgan fingerprint density at radius 1 is 1.77 bits per heavy atom. The Kier molecular flexibility index (Phi) is 3.25. The van der Waals surface area contributed by atoms with E-state index in [1.54, 1.807) is 18.3 Å². The lowest BCUT2D eigenvalue weighted by atomic mass is 10.1. The quantitative estimate of drug-likeness (QED) is 0.434. The first-order chi connectivity index (χ1) is 6.27. The SMILES string of the molecule is Cc1cc(C(CO)N=[N+]=[N-])ccn1. The molecule has 0 aliphatic heterocycles. The van der Waals surface area contributed by atoms with Gasteiger partial charge in [-0.3, -0.25) is 4.98 Å². The molecule has 0 aliphatic carbocycles. The average Bonchev–Trinajstić information content (AvgIpc) is 2.14. The number of aliphatic hydroxyl groups excluding tert-OH is 1. The molecule has 0 saturated heterocycles. The Morgan fingerprint density at radius 3 is 3.08 bits per heavy atom. The number of aryl methyl sites for hydroxylation is 1. The van der Waals surface area contributed by atoms with Crippen molar-refractivity contribution in [2.75, 3.05) is 6.61 Å². The molecular weight excluding hydrogens is 168 g/mol. The summed E-state index contributed by atoms with van der Waals surface area (Å²) in [5.74, 6) is 0. The molecule has 0 radical (unpaired) electrons. The maximum Gasteiger partial charge on any atom is 0.0857 e. The van der Waals surface area contributed by atoms with Gasteiger partial charge in [-0.25, -0.2) is 0 Å².